The minimum Gasteiger partial charge on any atom is -0.370 e. The van der Waals surface area contributed by atoms with E-state index < -0.39 is 0 Å². The Bertz CT molecular complexity index is 743. The second-order valence-corrected chi connectivity index (χ2v) is 6.25. The van der Waals surface area contributed by atoms with Crippen LogP contribution in [0, 0.1) is 0 Å². The molecule has 0 aromatic heterocycles. The molecule has 4 heteroatoms. The number of hydrogen-bond acceptors (Lipinski definition) is 3. The first-order chi connectivity index (χ1) is 10.2. The standard InChI is InChI=1S/C17H15ClN2O/c1-17-10-15(11-5-4-6-12(18)9-11)20-21-16(17)19-14-8-3-2-7-13(14)17/h2-9,16,19H,10H2,1H3. The van der Waals surface area contributed by atoms with Gasteiger partial charge in [0.2, 0.25) is 6.23 Å². The van der Waals surface area contributed by atoms with Crippen LogP contribution in [0.4, 0.5) is 5.69 Å². The SMILES string of the molecule is CC12CC(c3cccc(Cl)c3)=NOC1Nc1ccccc12. The van der Waals surface area contributed by atoms with Crippen LogP contribution < -0.4 is 5.32 Å². The molecule has 0 saturated carbocycles. The van der Waals surface area contributed by atoms with E-state index in [4.69, 9.17) is 16.4 Å². The molecule has 0 amide bonds. The number of benzene rings is 2. The van der Waals surface area contributed by atoms with Gasteiger partial charge in [-0.3, -0.25) is 0 Å². The maximum absolute atomic E-state index is 6.08. The van der Waals surface area contributed by atoms with Gasteiger partial charge in [-0.05, 0) is 30.7 Å². The lowest BCUT2D eigenvalue weighted by molar-refractivity contribution is 0.0203. The lowest BCUT2D eigenvalue weighted by Gasteiger charge is -2.34. The van der Waals surface area contributed by atoms with Gasteiger partial charge in [0.1, 0.15) is 0 Å². The van der Waals surface area contributed by atoms with Gasteiger partial charge in [0.05, 0.1) is 11.1 Å². The van der Waals surface area contributed by atoms with Crippen LogP contribution in [-0.2, 0) is 10.3 Å². The third kappa shape index (κ3) is 1.92. The topological polar surface area (TPSA) is 33.6 Å². The summed E-state index contributed by atoms with van der Waals surface area (Å²) in [5, 5.41) is 8.43. The van der Waals surface area contributed by atoms with Crippen molar-refractivity contribution >= 4 is 23.0 Å². The van der Waals surface area contributed by atoms with Gasteiger partial charge in [0.15, 0.2) is 0 Å². The average molecular weight is 299 g/mol. The maximum atomic E-state index is 6.08. The van der Waals surface area contributed by atoms with Crippen molar-refractivity contribution in [3.05, 3.63) is 64.7 Å². The molecule has 2 atom stereocenters. The van der Waals surface area contributed by atoms with Gasteiger partial charge in [-0.2, -0.15) is 0 Å². The second-order valence-electron chi connectivity index (χ2n) is 5.82. The summed E-state index contributed by atoms with van der Waals surface area (Å²) in [6, 6.07) is 16.1. The highest BCUT2D eigenvalue weighted by Gasteiger charge is 2.48. The summed E-state index contributed by atoms with van der Waals surface area (Å²) in [6.45, 7) is 2.22. The van der Waals surface area contributed by atoms with Gasteiger partial charge >= 0.3 is 0 Å². The van der Waals surface area contributed by atoms with E-state index in [1.807, 2.05) is 30.3 Å². The maximum Gasteiger partial charge on any atom is 0.207 e. The molecule has 106 valence electrons. The third-order valence-corrected chi connectivity index (χ3v) is 4.60. The lowest BCUT2D eigenvalue weighted by Crippen LogP contribution is -2.42. The number of fused-ring (bicyclic) bond motifs is 3. The van der Waals surface area contributed by atoms with Gasteiger partial charge in [0.25, 0.3) is 0 Å². The quantitative estimate of drug-likeness (QED) is 0.857. The first-order valence-corrected chi connectivity index (χ1v) is 7.39. The van der Waals surface area contributed by atoms with E-state index in [2.05, 4.69) is 35.6 Å². The molecule has 2 aromatic carbocycles. The van der Waals surface area contributed by atoms with Crippen LogP contribution in [-0.4, -0.2) is 11.9 Å². The summed E-state index contributed by atoms with van der Waals surface area (Å²) < 4.78 is 0. The fourth-order valence-corrected chi connectivity index (χ4v) is 3.39. The number of nitrogens with zero attached hydrogens (tertiary/aromatic N) is 1. The molecular weight excluding hydrogens is 284 g/mol. The van der Waals surface area contributed by atoms with Gasteiger partial charge in [-0.15, -0.1) is 0 Å². The number of oxime groups is 1. The first-order valence-electron chi connectivity index (χ1n) is 7.01. The van der Waals surface area contributed by atoms with Crippen molar-refractivity contribution in [2.75, 3.05) is 5.32 Å². The summed E-state index contributed by atoms with van der Waals surface area (Å²) in [5.74, 6) is 0. The first kappa shape index (κ1) is 12.7. The van der Waals surface area contributed by atoms with Crippen molar-refractivity contribution in [3.63, 3.8) is 0 Å². The Morgan fingerprint density at radius 1 is 1.24 bits per heavy atom. The Hall–Kier alpha value is -2.00. The molecule has 0 spiro atoms. The van der Waals surface area contributed by atoms with Crippen LogP contribution in [0.1, 0.15) is 24.5 Å². The molecular formula is C17H15ClN2O. The van der Waals surface area contributed by atoms with Crippen LogP contribution in [0.2, 0.25) is 5.02 Å². The summed E-state index contributed by atoms with van der Waals surface area (Å²) in [5.41, 5.74) is 4.26. The summed E-state index contributed by atoms with van der Waals surface area (Å²) in [4.78, 5) is 5.73. The van der Waals surface area contributed by atoms with Crippen LogP contribution in [0.15, 0.2) is 53.7 Å². The molecule has 2 heterocycles. The molecule has 0 bridgehead atoms. The number of nitrogens with one attached hydrogen (secondary N) is 1. The Morgan fingerprint density at radius 2 is 2.10 bits per heavy atom. The molecule has 3 nitrogen and oxygen atoms in total. The van der Waals surface area contributed by atoms with E-state index in [1.165, 1.54) is 5.56 Å². The Labute approximate surface area is 128 Å². The molecule has 2 aliphatic heterocycles. The molecule has 1 N–H and O–H groups in total. The highest BCUT2D eigenvalue weighted by Crippen LogP contribution is 2.46. The Morgan fingerprint density at radius 3 is 2.95 bits per heavy atom. The zero-order valence-corrected chi connectivity index (χ0v) is 12.4. The number of anilines is 1. The van der Waals surface area contributed by atoms with E-state index in [0.29, 0.717) is 5.02 Å². The van der Waals surface area contributed by atoms with Crippen molar-refractivity contribution in [3.8, 4) is 0 Å². The molecule has 2 unspecified atom stereocenters. The summed E-state index contributed by atoms with van der Waals surface area (Å²) >= 11 is 6.08. The minimum absolute atomic E-state index is 0.113. The predicted molar refractivity (Wildman–Crippen MR) is 84.9 cm³/mol. The Balaban J connectivity index is 1.74. The van der Waals surface area contributed by atoms with Crippen molar-refractivity contribution in [1.29, 1.82) is 0 Å². The minimum atomic E-state index is -0.115. The molecule has 21 heavy (non-hydrogen) atoms. The zero-order valence-electron chi connectivity index (χ0n) is 11.6. The van der Waals surface area contributed by atoms with Crippen LogP contribution in [0.25, 0.3) is 0 Å². The highest BCUT2D eigenvalue weighted by molar-refractivity contribution is 6.31. The average Bonchev–Trinajstić information content (AvgIpc) is 2.79. The van der Waals surface area contributed by atoms with Gasteiger partial charge in [-0.25, -0.2) is 0 Å². The van der Waals surface area contributed by atoms with Crippen molar-refractivity contribution in [2.24, 2.45) is 5.16 Å². The smallest absolute Gasteiger partial charge is 0.207 e. The summed E-state index contributed by atoms with van der Waals surface area (Å²) in [7, 11) is 0. The molecule has 4 rings (SSSR count). The zero-order chi connectivity index (χ0) is 14.4. The third-order valence-electron chi connectivity index (χ3n) is 4.37. The number of hydrogen-bond donors (Lipinski definition) is 1. The van der Waals surface area contributed by atoms with E-state index in [9.17, 15) is 0 Å². The van der Waals surface area contributed by atoms with Crippen LogP contribution >= 0.6 is 11.6 Å². The van der Waals surface area contributed by atoms with E-state index in [0.717, 1.165) is 23.4 Å². The largest absolute Gasteiger partial charge is 0.370 e. The van der Waals surface area contributed by atoms with Crippen LogP contribution in [0.3, 0.4) is 0 Å². The number of rotatable bonds is 1. The molecule has 2 aliphatic rings. The molecule has 0 aliphatic carbocycles. The van der Waals surface area contributed by atoms with Gasteiger partial charge in [0, 0.05) is 22.7 Å². The van der Waals surface area contributed by atoms with Crippen LogP contribution in [0.5, 0.6) is 0 Å². The van der Waals surface area contributed by atoms with Gasteiger partial charge < -0.3 is 10.2 Å². The second kappa shape index (κ2) is 4.50. The predicted octanol–water partition coefficient (Wildman–Crippen LogP) is 4.17. The Kier molecular flexibility index (Phi) is 2.73. The van der Waals surface area contributed by atoms with E-state index in [-0.39, 0.29) is 11.6 Å². The fraction of sp³-hybridized carbons (Fsp3) is 0.235. The van der Waals surface area contributed by atoms with Crippen molar-refractivity contribution in [2.45, 2.75) is 25.0 Å². The molecule has 0 fully saturated rings. The van der Waals surface area contributed by atoms with E-state index in [1.54, 1.807) is 0 Å². The monoisotopic (exact) mass is 298 g/mol. The molecule has 2 aromatic rings. The lowest BCUT2D eigenvalue weighted by atomic mass is 9.77. The molecule has 0 radical (unpaired) electrons. The van der Waals surface area contributed by atoms with Crippen molar-refractivity contribution in [1.82, 2.24) is 0 Å². The highest BCUT2D eigenvalue weighted by atomic mass is 35.5. The van der Waals surface area contributed by atoms with Crippen molar-refractivity contribution < 1.29 is 4.84 Å². The molecule has 0 saturated heterocycles. The van der Waals surface area contributed by atoms with E-state index >= 15 is 0 Å². The number of halogens is 1. The normalized spacial score (nSPS) is 26.2. The summed E-state index contributed by atoms with van der Waals surface area (Å²) in [6.07, 6.45) is 0.708. The fourth-order valence-electron chi connectivity index (χ4n) is 3.20. The number of para-hydroxylation sites is 1. The van der Waals surface area contributed by atoms with Gasteiger partial charge in [-0.1, -0.05) is 47.1 Å².